The van der Waals surface area contributed by atoms with Gasteiger partial charge >= 0.3 is 0 Å². The lowest BCUT2D eigenvalue weighted by molar-refractivity contribution is 0.484. The van der Waals surface area contributed by atoms with Gasteiger partial charge < -0.3 is 4.74 Å². The third kappa shape index (κ3) is 4.40. The van der Waals surface area contributed by atoms with Crippen LogP contribution < -0.4 is 4.74 Å². The van der Waals surface area contributed by atoms with Gasteiger partial charge in [-0.15, -0.1) is 0 Å². The predicted molar refractivity (Wildman–Crippen MR) is 182 cm³/mol. The first-order chi connectivity index (χ1) is 21.9. The molecule has 8 aromatic rings. The fourth-order valence-electron chi connectivity index (χ4n) is 6.26. The van der Waals surface area contributed by atoms with Crippen molar-refractivity contribution in [3.8, 4) is 23.1 Å². The Morgan fingerprint density at radius 1 is 0.578 bits per heavy atom. The number of fused-ring (bicyclic) bond motifs is 6. The monoisotopic (exact) mass is 583 g/mol. The number of nitrogens with zero attached hydrogens (tertiary/aromatic N) is 5. The highest BCUT2D eigenvalue weighted by Gasteiger charge is 2.19. The minimum atomic E-state index is -0.00135. The molecule has 4 aromatic heterocycles. The number of hydrogen-bond donors (Lipinski definition) is 0. The molecule has 0 fully saturated rings. The molecule has 4 aromatic carbocycles. The molecule has 6 heteroatoms. The molecule has 8 rings (SSSR count). The van der Waals surface area contributed by atoms with E-state index in [9.17, 15) is 0 Å². The van der Waals surface area contributed by atoms with Gasteiger partial charge in [0.2, 0.25) is 0 Å². The van der Waals surface area contributed by atoms with Crippen molar-refractivity contribution in [1.29, 1.82) is 0 Å². The van der Waals surface area contributed by atoms with Crippen LogP contribution in [0.5, 0.6) is 11.5 Å². The Hall–Kier alpha value is -5.93. The van der Waals surface area contributed by atoms with Crippen molar-refractivity contribution in [3.05, 3.63) is 139 Å². The van der Waals surface area contributed by atoms with Gasteiger partial charge in [-0.05, 0) is 83.1 Å². The third-order valence-electron chi connectivity index (χ3n) is 8.45. The highest BCUT2D eigenvalue weighted by molar-refractivity contribution is 6.11. The first-order valence-corrected chi connectivity index (χ1v) is 14.9. The van der Waals surface area contributed by atoms with Crippen LogP contribution in [0.2, 0.25) is 0 Å². The van der Waals surface area contributed by atoms with Crippen molar-refractivity contribution in [1.82, 2.24) is 19.1 Å². The summed E-state index contributed by atoms with van der Waals surface area (Å²) in [6.07, 6.45) is 3.69. The van der Waals surface area contributed by atoms with Crippen molar-refractivity contribution in [2.45, 2.75) is 26.2 Å². The van der Waals surface area contributed by atoms with Gasteiger partial charge in [0.15, 0.2) is 5.69 Å². The van der Waals surface area contributed by atoms with Crippen molar-refractivity contribution >= 4 is 49.3 Å². The fraction of sp³-hybridized carbons (Fsp3) is 0.103. The van der Waals surface area contributed by atoms with E-state index in [2.05, 4.69) is 100 Å². The van der Waals surface area contributed by atoms with Gasteiger partial charge in [-0.25, -0.2) is 14.8 Å². The zero-order valence-electron chi connectivity index (χ0n) is 25.2. The van der Waals surface area contributed by atoms with E-state index in [0.29, 0.717) is 11.4 Å². The minimum absolute atomic E-state index is 0.00135. The summed E-state index contributed by atoms with van der Waals surface area (Å²) in [5.41, 5.74) is 5.91. The van der Waals surface area contributed by atoms with Crippen LogP contribution in [0.25, 0.3) is 60.1 Å². The number of ether oxygens (including phenoxy) is 1. The Kier molecular flexibility index (Phi) is 5.97. The normalized spacial score (nSPS) is 11.9. The van der Waals surface area contributed by atoms with E-state index in [1.165, 1.54) is 10.9 Å². The van der Waals surface area contributed by atoms with Crippen molar-refractivity contribution in [3.63, 3.8) is 0 Å². The Labute approximate surface area is 260 Å². The van der Waals surface area contributed by atoms with Gasteiger partial charge in [-0.1, -0.05) is 51.1 Å². The number of rotatable bonds is 4. The second-order valence-corrected chi connectivity index (χ2v) is 12.3. The van der Waals surface area contributed by atoms with E-state index in [4.69, 9.17) is 16.3 Å². The molecule has 0 saturated carbocycles. The van der Waals surface area contributed by atoms with E-state index < -0.39 is 0 Å². The second-order valence-electron chi connectivity index (χ2n) is 12.3. The molecule has 0 aliphatic heterocycles. The molecule has 6 nitrogen and oxygen atoms in total. The maximum atomic E-state index is 7.54. The summed E-state index contributed by atoms with van der Waals surface area (Å²) in [5.74, 6) is 3.13. The molecular weight excluding hydrogens is 554 g/mol. The molecule has 0 unspecified atom stereocenters. The number of benzene rings is 4. The minimum Gasteiger partial charge on any atom is -0.457 e. The lowest BCUT2D eigenvalue weighted by Gasteiger charge is -2.20. The van der Waals surface area contributed by atoms with E-state index >= 15 is 0 Å². The van der Waals surface area contributed by atoms with Gasteiger partial charge in [0.25, 0.3) is 0 Å². The lowest BCUT2D eigenvalue weighted by atomic mass is 9.88. The highest BCUT2D eigenvalue weighted by Crippen LogP contribution is 2.39. The molecule has 0 aliphatic carbocycles. The predicted octanol–water partition coefficient (Wildman–Crippen LogP) is 10.3. The average molecular weight is 584 g/mol. The van der Waals surface area contributed by atoms with Crippen LogP contribution in [0, 0.1) is 6.57 Å². The van der Waals surface area contributed by atoms with Crippen LogP contribution in [0.15, 0.2) is 122 Å². The Bertz CT molecular complexity index is 2460. The summed E-state index contributed by atoms with van der Waals surface area (Å²) in [4.78, 5) is 13.1. The largest absolute Gasteiger partial charge is 0.457 e. The van der Waals surface area contributed by atoms with E-state index in [1.54, 1.807) is 6.20 Å². The second kappa shape index (κ2) is 10.1. The van der Waals surface area contributed by atoms with Gasteiger partial charge in [0.1, 0.15) is 23.1 Å². The highest BCUT2D eigenvalue weighted by atomic mass is 16.5. The molecular formula is C39H29N5O. The molecule has 0 bridgehead atoms. The summed E-state index contributed by atoms with van der Waals surface area (Å²) >= 11 is 0. The summed E-state index contributed by atoms with van der Waals surface area (Å²) in [5, 5.41) is 4.35. The SMILES string of the molecule is [C-]#[N+]c1ccc2c(c1)c1ccc(Oc3ccc4c5ccccc5n(-c5cc(C(C)(C)C)ccn5)c4c3)cc1n2-c1ccccn1. The van der Waals surface area contributed by atoms with Crippen molar-refractivity contribution in [2.24, 2.45) is 0 Å². The van der Waals surface area contributed by atoms with Crippen LogP contribution >= 0.6 is 0 Å². The first kappa shape index (κ1) is 26.7. The van der Waals surface area contributed by atoms with E-state index in [0.717, 1.165) is 55.6 Å². The van der Waals surface area contributed by atoms with Crippen LogP contribution in [0.3, 0.4) is 0 Å². The topological polar surface area (TPSA) is 49.2 Å². The fourth-order valence-corrected chi connectivity index (χ4v) is 6.26. The maximum absolute atomic E-state index is 7.54. The smallest absolute Gasteiger partial charge is 0.188 e. The Morgan fingerprint density at radius 3 is 1.93 bits per heavy atom. The Balaban J connectivity index is 1.28. The number of hydrogen-bond acceptors (Lipinski definition) is 3. The molecule has 0 radical (unpaired) electrons. The quantitative estimate of drug-likeness (QED) is 0.194. The summed E-state index contributed by atoms with van der Waals surface area (Å²) in [6, 6.07) is 36.8. The molecule has 0 N–H and O–H groups in total. The molecule has 216 valence electrons. The van der Waals surface area contributed by atoms with Crippen LogP contribution in [-0.4, -0.2) is 19.1 Å². The van der Waals surface area contributed by atoms with Gasteiger partial charge in [-0.3, -0.25) is 9.13 Å². The summed E-state index contributed by atoms with van der Waals surface area (Å²) in [7, 11) is 0. The molecule has 0 spiro atoms. The van der Waals surface area contributed by atoms with Gasteiger partial charge in [0, 0.05) is 40.7 Å². The summed E-state index contributed by atoms with van der Waals surface area (Å²) in [6.45, 7) is 14.2. The van der Waals surface area contributed by atoms with Crippen LogP contribution in [-0.2, 0) is 5.41 Å². The molecule has 0 atom stereocenters. The zero-order chi connectivity index (χ0) is 30.7. The van der Waals surface area contributed by atoms with Crippen molar-refractivity contribution in [2.75, 3.05) is 0 Å². The van der Waals surface area contributed by atoms with E-state index in [1.807, 2.05) is 54.7 Å². The van der Waals surface area contributed by atoms with Gasteiger partial charge in [0.05, 0.1) is 28.6 Å². The van der Waals surface area contributed by atoms with Gasteiger partial charge in [-0.2, -0.15) is 0 Å². The lowest BCUT2D eigenvalue weighted by Crippen LogP contribution is -2.12. The molecule has 45 heavy (non-hydrogen) atoms. The standard InChI is InChI=1S/C39H29N5O/c1-39(2,3)25-18-20-42-38(21-25)44-33-10-6-5-9-29(33)30-15-13-27(23-35(30)44)45-28-14-16-31-32-22-26(40-4)12-17-34(32)43(36(31)24-28)37-11-7-8-19-41-37/h5-24H,1-3H3. The van der Waals surface area contributed by atoms with Crippen LogP contribution in [0.4, 0.5) is 5.69 Å². The Morgan fingerprint density at radius 2 is 1.22 bits per heavy atom. The summed E-state index contributed by atoms with van der Waals surface area (Å²) < 4.78 is 10.9. The third-order valence-corrected chi connectivity index (χ3v) is 8.45. The number of aromatic nitrogens is 4. The maximum Gasteiger partial charge on any atom is 0.188 e. The average Bonchev–Trinajstić information content (AvgIpc) is 3.56. The zero-order valence-corrected chi connectivity index (χ0v) is 25.2. The molecule has 0 aliphatic rings. The van der Waals surface area contributed by atoms with Crippen molar-refractivity contribution < 1.29 is 4.74 Å². The first-order valence-electron chi connectivity index (χ1n) is 14.9. The molecule has 0 amide bonds. The molecule has 4 heterocycles. The number of para-hydroxylation sites is 1. The number of pyridine rings is 2. The molecule has 0 saturated heterocycles. The van der Waals surface area contributed by atoms with Crippen LogP contribution in [0.1, 0.15) is 26.3 Å². The van der Waals surface area contributed by atoms with E-state index in [-0.39, 0.29) is 5.41 Å².